The fourth-order valence-electron chi connectivity index (χ4n) is 1.84. The predicted molar refractivity (Wildman–Crippen MR) is 63.9 cm³/mol. The van der Waals surface area contributed by atoms with Crippen molar-refractivity contribution in [2.24, 2.45) is 0 Å². The van der Waals surface area contributed by atoms with E-state index < -0.39 is 5.60 Å². The number of hydrogen-bond acceptors (Lipinski definition) is 4. The van der Waals surface area contributed by atoms with Gasteiger partial charge in [0.05, 0.1) is 17.1 Å². The summed E-state index contributed by atoms with van der Waals surface area (Å²) in [7, 11) is 0. The molecule has 0 saturated carbocycles. The van der Waals surface area contributed by atoms with Crippen LogP contribution in [0.5, 0.6) is 0 Å². The molecule has 0 spiro atoms. The Morgan fingerprint density at radius 1 is 1.41 bits per heavy atom. The molecular formula is C11H19N3O3. The lowest BCUT2D eigenvalue weighted by atomic mass is 10.1. The first-order valence-corrected chi connectivity index (χ1v) is 5.75. The molecule has 1 heterocycles. The van der Waals surface area contributed by atoms with Gasteiger partial charge in [0.1, 0.15) is 11.4 Å². The molecule has 1 aromatic rings. The summed E-state index contributed by atoms with van der Waals surface area (Å²) in [5.74, 6) is 0. The van der Waals surface area contributed by atoms with E-state index >= 15 is 0 Å². The molecule has 0 aliphatic heterocycles. The zero-order chi connectivity index (χ0) is 13.2. The van der Waals surface area contributed by atoms with Gasteiger partial charge in [-0.1, -0.05) is 13.8 Å². The quantitative estimate of drug-likeness (QED) is 0.628. The maximum absolute atomic E-state index is 11.0. The third kappa shape index (κ3) is 3.03. The Balaban J connectivity index is 3.27. The van der Waals surface area contributed by atoms with E-state index in [1.807, 2.05) is 13.8 Å². The highest BCUT2D eigenvalue weighted by Crippen LogP contribution is 2.25. The molecule has 6 heteroatoms. The first-order chi connectivity index (χ1) is 7.80. The van der Waals surface area contributed by atoms with Gasteiger partial charge in [-0.25, -0.2) is 0 Å². The van der Waals surface area contributed by atoms with E-state index in [2.05, 4.69) is 5.10 Å². The van der Waals surface area contributed by atoms with Gasteiger partial charge in [-0.3, -0.25) is 14.8 Å². The lowest BCUT2D eigenvalue weighted by Crippen LogP contribution is -2.27. The summed E-state index contributed by atoms with van der Waals surface area (Å²) in [5, 5.41) is 25.0. The van der Waals surface area contributed by atoms with Crippen LogP contribution in [0.2, 0.25) is 0 Å². The Labute approximate surface area is 100 Å². The third-order valence-corrected chi connectivity index (χ3v) is 2.49. The van der Waals surface area contributed by atoms with Crippen molar-refractivity contribution < 1.29 is 10.0 Å². The van der Waals surface area contributed by atoms with Crippen LogP contribution in [0.15, 0.2) is 0 Å². The number of aromatic nitrogens is 2. The zero-order valence-electron chi connectivity index (χ0n) is 10.7. The minimum atomic E-state index is -0.936. The van der Waals surface area contributed by atoms with Gasteiger partial charge in [0.15, 0.2) is 0 Å². The van der Waals surface area contributed by atoms with E-state index in [1.54, 1.807) is 18.5 Å². The van der Waals surface area contributed by atoms with Crippen LogP contribution in [-0.4, -0.2) is 25.4 Å². The van der Waals surface area contributed by atoms with Gasteiger partial charge in [0, 0.05) is 0 Å². The van der Waals surface area contributed by atoms with E-state index in [0.717, 1.165) is 0 Å². The molecule has 1 rings (SSSR count). The fourth-order valence-corrected chi connectivity index (χ4v) is 1.84. The van der Waals surface area contributed by atoms with E-state index in [-0.39, 0.29) is 17.2 Å². The molecule has 0 amide bonds. The van der Waals surface area contributed by atoms with Crippen LogP contribution >= 0.6 is 0 Å². The monoisotopic (exact) mass is 241 g/mol. The van der Waals surface area contributed by atoms with Crippen LogP contribution in [0.3, 0.4) is 0 Å². The standard InChI is InChI=1S/C11H19N3O3/c1-5-8-10(14(16)17)9(6-2)13(12-8)7-11(3,4)15/h15H,5-7H2,1-4H3. The molecule has 0 aliphatic carbocycles. The average molecular weight is 241 g/mol. The minimum absolute atomic E-state index is 0.0965. The summed E-state index contributed by atoms with van der Waals surface area (Å²) < 4.78 is 1.55. The summed E-state index contributed by atoms with van der Waals surface area (Å²) in [6.07, 6.45) is 1.04. The Bertz CT molecular complexity index is 418. The molecule has 17 heavy (non-hydrogen) atoms. The second-order valence-corrected chi connectivity index (χ2v) is 4.68. The molecule has 6 nitrogen and oxygen atoms in total. The minimum Gasteiger partial charge on any atom is -0.389 e. The molecule has 0 aromatic carbocycles. The van der Waals surface area contributed by atoms with Crippen molar-refractivity contribution in [1.82, 2.24) is 9.78 Å². The second-order valence-electron chi connectivity index (χ2n) is 4.68. The number of rotatable bonds is 5. The zero-order valence-corrected chi connectivity index (χ0v) is 10.7. The van der Waals surface area contributed by atoms with Crippen molar-refractivity contribution in [3.63, 3.8) is 0 Å². The van der Waals surface area contributed by atoms with Crippen LogP contribution in [0.25, 0.3) is 0 Å². The first kappa shape index (κ1) is 13.6. The lowest BCUT2D eigenvalue weighted by molar-refractivity contribution is -0.386. The SMILES string of the molecule is CCc1nn(CC(C)(C)O)c(CC)c1[N+](=O)[O-]. The summed E-state index contributed by atoms with van der Waals surface area (Å²) in [6, 6.07) is 0. The smallest absolute Gasteiger partial charge is 0.313 e. The molecule has 0 fully saturated rings. The summed E-state index contributed by atoms with van der Waals surface area (Å²) >= 11 is 0. The van der Waals surface area contributed by atoms with Crippen LogP contribution in [0, 0.1) is 10.1 Å². The molecule has 0 saturated heterocycles. The van der Waals surface area contributed by atoms with Crippen LogP contribution in [0.1, 0.15) is 39.1 Å². The molecule has 0 radical (unpaired) electrons. The molecule has 96 valence electrons. The van der Waals surface area contributed by atoms with Gasteiger partial charge >= 0.3 is 5.69 Å². The Kier molecular flexibility index (Phi) is 3.87. The Morgan fingerprint density at radius 3 is 2.35 bits per heavy atom. The average Bonchev–Trinajstić information content (AvgIpc) is 2.52. The number of nitrogens with zero attached hydrogens (tertiary/aromatic N) is 3. The van der Waals surface area contributed by atoms with Gasteiger partial charge in [-0.05, 0) is 26.7 Å². The maximum Gasteiger partial charge on any atom is 0.313 e. The van der Waals surface area contributed by atoms with Crippen molar-refractivity contribution in [2.45, 2.75) is 52.7 Å². The molecule has 0 atom stereocenters. The topological polar surface area (TPSA) is 81.2 Å². The molecule has 1 N–H and O–H groups in total. The van der Waals surface area contributed by atoms with Gasteiger partial charge in [0.2, 0.25) is 0 Å². The summed E-state index contributed by atoms with van der Waals surface area (Å²) in [5.41, 5.74) is 0.221. The van der Waals surface area contributed by atoms with Crippen molar-refractivity contribution in [3.05, 3.63) is 21.5 Å². The van der Waals surface area contributed by atoms with E-state index in [0.29, 0.717) is 24.2 Å². The molecule has 0 unspecified atom stereocenters. The summed E-state index contributed by atoms with van der Waals surface area (Å²) in [4.78, 5) is 10.6. The van der Waals surface area contributed by atoms with Crippen molar-refractivity contribution >= 4 is 5.69 Å². The normalized spacial score (nSPS) is 11.8. The first-order valence-electron chi connectivity index (χ1n) is 5.75. The van der Waals surface area contributed by atoms with Crippen molar-refractivity contribution in [3.8, 4) is 0 Å². The number of hydrogen-bond donors (Lipinski definition) is 1. The lowest BCUT2D eigenvalue weighted by Gasteiger charge is -2.17. The number of aliphatic hydroxyl groups is 1. The van der Waals surface area contributed by atoms with Crippen LogP contribution in [0.4, 0.5) is 5.69 Å². The van der Waals surface area contributed by atoms with Crippen molar-refractivity contribution in [2.75, 3.05) is 0 Å². The van der Waals surface area contributed by atoms with Gasteiger partial charge in [0.25, 0.3) is 0 Å². The van der Waals surface area contributed by atoms with Gasteiger partial charge < -0.3 is 5.11 Å². The third-order valence-electron chi connectivity index (χ3n) is 2.49. The Hall–Kier alpha value is -1.43. The van der Waals surface area contributed by atoms with E-state index in [9.17, 15) is 15.2 Å². The Morgan fingerprint density at radius 2 is 2.00 bits per heavy atom. The van der Waals surface area contributed by atoms with E-state index in [1.165, 1.54) is 0 Å². The summed E-state index contributed by atoms with van der Waals surface area (Å²) in [6.45, 7) is 7.27. The molecule has 0 bridgehead atoms. The fraction of sp³-hybridized carbons (Fsp3) is 0.727. The highest BCUT2D eigenvalue weighted by molar-refractivity contribution is 5.41. The van der Waals surface area contributed by atoms with Gasteiger partial charge in [-0.15, -0.1) is 0 Å². The highest BCUT2D eigenvalue weighted by Gasteiger charge is 2.27. The molecule has 1 aromatic heterocycles. The highest BCUT2D eigenvalue weighted by atomic mass is 16.6. The molecular weight excluding hydrogens is 222 g/mol. The molecule has 0 aliphatic rings. The number of nitro groups is 1. The van der Waals surface area contributed by atoms with Crippen LogP contribution in [-0.2, 0) is 19.4 Å². The van der Waals surface area contributed by atoms with E-state index in [4.69, 9.17) is 0 Å². The number of aryl methyl sites for hydroxylation is 1. The second kappa shape index (κ2) is 4.83. The maximum atomic E-state index is 11.0. The van der Waals surface area contributed by atoms with Crippen molar-refractivity contribution in [1.29, 1.82) is 0 Å². The largest absolute Gasteiger partial charge is 0.389 e. The van der Waals surface area contributed by atoms with Crippen LogP contribution < -0.4 is 0 Å². The predicted octanol–water partition coefficient (Wildman–Crippen LogP) is 1.69. The van der Waals surface area contributed by atoms with Gasteiger partial charge in [-0.2, -0.15) is 5.10 Å².